The minimum absolute atomic E-state index is 0. The molecule has 1 saturated carbocycles. The highest BCUT2D eigenvalue weighted by atomic mass is 127. The Morgan fingerprint density at radius 3 is 2.45 bits per heavy atom. The third-order valence-corrected chi connectivity index (χ3v) is 6.20. The van der Waals surface area contributed by atoms with E-state index in [1.807, 2.05) is 6.92 Å². The second-order valence-electron chi connectivity index (χ2n) is 8.55. The zero-order chi connectivity index (χ0) is 21.6. The number of aliphatic hydroxyl groups is 1. The lowest BCUT2D eigenvalue weighted by Gasteiger charge is -2.37. The number of guanidine groups is 1. The second-order valence-corrected chi connectivity index (χ2v) is 8.55. The number of imide groups is 1. The number of amides is 2. The van der Waals surface area contributed by atoms with Gasteiger partial charge in [-0.25, -0.2) is 0 Å². The first-order valence-corrected chi connectivity index (χ1v) is 11.1. The third kappa shape index (κ3) is 6.19. The minimum atomic E-state index is -0.294. The Labute approximate surface area is 202 Å². The number of rotatable bonds is 8. The van der Waals surface area contributed by atoms with Crippen LogP contribution in [0.4, 0.5) is 0 Å². The van der Waals surface area contributed by atoms with E-state index in [4.69, 9.17) is 4.99 Å². The molecule has 172 valence electrons. The number of aliphatic hydroxyl groups excluding tert-OH is 1. The summed E-state index contributed by atoms with van der Waals surface area (Å²) in [4.78, 5) is 30.8. The summed E-state index contributed by atoms with van der Waals surface area (Å²) >= 11 is 0. The van der Waals surface area contributed by atoms with Crippen LogP contribution in [0.5, 0.6) is 0 Å². The first kappa shape index (κ1) is 25.6. The van der Waals surface area contributed by atoms with Crippen LogP contribution in [0.3, 0.4) is 0 Å². The molecule has 1 aromatic carbocycles. The monoisotopic (exact) mass is 542 g/mol. The van der Waals surface area contributed by atoms with E-state index in [2.05, 4.69) is 17.6 Å². The van der Waals surface area contributed by atoms with Gasteiger partial charge in [-0.15, -0.1) is 24.0 Å². The molecule has 0 bridgehead atoms. The molecule has 0 radical (unpaired) electrons. The van der Waals surface area contributed by atoms with Gasteiger partial charge in [0.15, 0.2) is 5.96 Å². The number of unbranched alkanes of at least 4 members (excludes halogenated alkanes) is 1. The molecule has 2 aliphatic rings. The van der Waals surface area contributed by atoms with Crippen molar-refractivity contribution in [2.45, 2.75) is 58.5 Å². The molecule has 0 saturated heterocycles. The molecule has 1 aromatic rings. The molecule has 8 heteroatoms. The van der Waals surface area contributed by atoms with Gasteiger partial charge < -0.3 is 15.7 Å². The zero-order valence-corrected chi connectivity index (χ0v) is 20.9. The maximum atomic E-state index is 12.4. The van der Waals surface area contributed by atoms with Gasteiger partial charge >= 0.3 is 0 Å². The third-order valence-electron chi connectivity index (χ3n) is 6.20. The number of halogens is 1. The molecule has 1 fully saturated rings. The standard InChI is InChI=1S/C23H34N4O3.HI/c1-3-24-22(26-16-23(2)13-7-6-12-19(23)28)25-14-8-9-15-27-20(29)17-10-4-5-11-18(17)21(27)30;/h4-5,10-11,19,28H,3,6-9,12-16H2,1-2H3,(H2,24,25,26);1H. The van der Waals surface area contributed by atoms with Crippen LogP contribution < -0.4 is 10.6 Å². The van der Waals surface area contributed by atoms with Gasteiger partial charge in [-0.2, -0.15) is 0 Å². The summed E-state index contributed by atoms with van der Waals surface area (Å²) in [7, 11) is 0. The summed E-state index contributed by atoms with van der Waals surface area (Å²) in [6.45, 7) is 6.63. The van der Waals surface area contributed by atoms with E-state index >= 15 is 0 Å². The largest absolute Gasteiger partial charge is 0.392 e. The van der Waals surface area contributed by atoms with E-state index in [0.717, 1.165) is 51.0 Å². The Kier molecular flexibility index (Phi) is 9.74. The molecule has 2 atom stereocenters. The van der Waals surface area contributed by atoms with Crippen molar-refractivity contribution in [1.29, 1.82) is 0 Å². The lowest BCUT2D eigenvalue weighted by molar-refractivity contribution is 0.00716. The smallest absolute Gasteiger partial charge is 0.261 e. The Morgan fingerprint density at radius 2 is 1.84 bits per heavy atom. The average molecular weight is 542 g/mol. The predicted molar refractivity (Wildman–Crippen MR) is 133 cm³/mol. The number of nitrogens with zero attached hydrogens (tertiary/aromatic N) is 2. The summed E-state index contributed by atoms with van der Waals surface area (Å²) in [5, 5.41) is 16.9. The number of hydrogen-bond acceptors (Lipinski definition) is 4. The molecule has 3 rings (SSSR count). The van der Waals surface area contributed by atoms with Gasteiger partial charge in [-0.3, -0.25) is 19.5 Å². The van der Waals surface area contributed by atoms with E-state index in [9.17, 15) is 14.7 Å². The average Bonchev–Trinajstić information content (AvgIpc) is 2.99. The molecule has 0 aromatic heterocycles. The highest BCUT2D eigenvalue weighted by Gasteiger charge is 2.35. The lowest BCUT2D eigenvalue weighted by Crippen LogP contribution is -2.42. The van der Waals surface area contributed by atoms with E-state index < -0.39 is 0 Å². The van der Waals surface area contributed by atoms with Crippen molar-refractivity contribution < 1.29 is 14.7 Å². The summed E-state index contributed by atoms with van der Waals surface area (Å²) in [6, 6.07) is 6.98. The number of carbonyl (C=O) groups excluding carboxylic acids is 2. The molecular weight excluding hydrogens is 507 g/mol. The molecule has 0 spiro atoms. The SMILES string of the molecule is CCNC(=NCC1(C)CCCCC1O)NCCCCN1C(=O)c2ccccc2C1=O.I. The fourth-order valence-electron chi connectivity index (χ4n) is 4.21. The molecule has 3 N–H and O–H groups in total. The molecule has 7 nitrogen and oxygen atoms in total. The summed E-state index contributed by atoms with van der Waals surface area (Å²) in [5.74, 6) is 0.354. The van der Waals surface area contributed by atoms with Crippen molar-refractivity contribution in [3.63, 3.8) is 0 Å². The first-order valence-electron chi connectivity index (χ1n) is 11.1. The Hall–Kier alpha value is -1.68. The van der Waals surface area contributed by atoms with Crippen molar-refractivity contribution >= 4 is 41.8 Å². The number of aliphatic imine (C=N–C) groups is 1. The van der Waals surface area contributed by atoms with E-state index in [-0.39, 0.29) is 47.3 Å². The zero-order valence-electron chi connectivity index (χ0n) is 18.5. The number of benzene rings is 1. The summed E-state index contributed by atoms with van der Waals surface area (Å²) in [6.07, 6.45) is 5.34. The number of hydrogen-bond donors (Lipinski definition) is 3. The Bertz CT molecular complexity index is 766. The molecule has 1 aliphatic carbocycles. The fraction of sp³-hybridized carbons (Fsp3) is 0.609. The lowest BCUT2D eigenvalue weighted by atomic mass is 9.73. The quantitative estimate of drug-likeness (QED) is 0.154. The molecule has 1 heterocycles. The fourth-order valence-corrected chi connectivity index (χ4v) is 4.21. The van der Waals surface area contributed by atoms with Gasteiger partial charge in [0.2, 0.25) is 0 Å². The Morgan fingerprint density at radius 1 is 1.16 bits per heavy atom. The van der Waals surface area contributed by atoms with Crippen molar-refractivity contribution in [1.82, 2.24) is 15.5 Å². The van der Waals surface area contributed by atoms with Gasteiger partial charge in [0.05, 0.1) is 23.8 Å². The molecular formula is C23H35IN4O3. The van der Waals surface area contributed by atoms with Gasteiger partial charge in [-0.05, 0) is 44.7 Å². The van der Waals surface area contributed by atoms with Crippen molar-refractivity contribution in [2.24, 2.45) is 10.4 Å². The van der Waals surface area contributed by atoms with Crippen LogP contribution in [0.1, 0.15) is 73.1 Å². The summed E-state index contributed by atoms with van der Waals surface area (Å²) < 4.78 is 0. The van der Waals surface area contributed by atoms with Crippen molar-refractivity contribution in [3.05, 3.63) is 35.4 Å². The molecule has 1 aliphatic heterocycles. The minimum Gasteiger partial charge on any atom is -0.392 e. The van der Waals surface area contributed by atoms with E-state index in [0.29, 0.717) is 30.8 Å². The van der Waals surface area contributed by atoms with Crippen LogP contribution in [0, 0.1) is 5.41 Å². The van der Waals surface area contributed by atoms with E-state index in [1.165, 1.54) is 4.90 Å². The topological polar surface area (TPSA) is 94.0 Å². The van der Waals surface area contributed by atoms with Gasteiger partial charge in [-0.1, -0.05) is 31.9 Å². The summed E-state index contributed by atoms with van der Waals surface area (Å²) in [5.41, 5.74) is 0.840. The highest BCUT2D eigenvalue weighted by Crippen LogP contribution is 2.36. The second kappa shape index (κ2) is 11.8. The number of nitrogens with one attached hydrogen (secondary N) is 2. The first-order chi connectivity index (χ1) is 14.5. The molecule has 2 unspecified atom stereocenters. The normalized spacial score (nSPS) is 23.4. The van der Waals surface area contributed by atoms with Crippen LogP contribution >= 0.6 is 24.0 Å². The number of fused-ring (bicyclic) bond motifs is 1. The van der Waals surface area contributed by atoms with Crippen LogP contribution in [-0.4, -0.2) is 60.1 Å². The van der Waals surface area contributed by atoms with E-state index in [1.54, 1.807) is 24.3 Å². The Balaban J connectivity index is 0.00000341. The van der Waals surface area contributed by atoms with Crippen molar-refractivity contribution in [3.8, 4) is 0 Å². The van der Waals surface area contributed by atoms with Crippen molar-refractivity contribution in [2.75, 3.05) is 26.2 Å². The van der Waals surface area contributed by atoms with Crippen LogP contribution in [0.25, 0.3) is 0 Å². The van der Waals surface area contributed by atoms with Crippen LogP contribution in [0.2, 0.25) is 0 Å². The molecule has 31 heavy (non-hydrogen) atoms. The maximum absolute atomic E-state index is 12.4. The van der Waals surface area contributed by atoms with Gasteiger partial charge in [0.25, 0.3) is 11.8 Å². The van der Waals surface area contributed by atoms with Crippen LogP contribution in [0.15, 0.2) is 29.3 Å². The maximum Gasteiger partial charge on any atom is 0.261 e. The highest BCUT2D eigenvalue weighted by molar-refractivity contribution is 14.0. The van der Waals surface area contributed by atoms with Crippen LogP contribution in [-0.2, 0) is 0 Å². The van der Waals surface area contributed by atoms with Gasteiger partial charge in [0.1, 0.15) is 0 Å². The number of carbonyl (C=O) groups is 2. The predicted octanol–water partition coefficient (Wildman–Crippen LogP) is 3.18. The van der Waals surface area contributed by atoms with Gasteiger partial charge in [0, 0.05) is 25.0 Å². The molecule has 2 amide bonds.